The van der Waals surface area contributed by atoms with E-state index >= 15 is 0 Å². The molecule has 7 nitrogen and oxygen atoms in total. The maximum Gasteiger partial charge on any atom is 0.410 e. The summed E-state index contributed by atoms with van der Waals surface area (Å²) in [4.78, 5) is 18.2. The number of likely N-dealkylation sites (tertiary alicyclic amines) is 1. The quantitative estimate of drug-likeness (QED) is 0.354. The van der Waals surface area contributed by atoms with E-state index in [1.54, 1.807) is 19.1 Å². The van der Waals surface area contributed by atoms with E-state index in [1.165, 1.54) is 0 Å². The topological polar surface area (TPSA) is 75.2 Å². The van der Waals surface area contributed by atoms with Crippen molar-refractivity contribution in [3.63, 3.8) is 0 Å². The van der Waals surface area contributed by atoms with Crippen LogP contribution in [0.3, 0.4) is 0 Å². The van der Waals surface area contributed by atoms with Crippen LogP contribution in [0.1, 0.15) is 39.2 Å². The Hall–Kier alpha value is -1.71. The van der Waals surface area contributed by atoms with Crippen molar-refractivity contribution in [2.24, 2.45) is 10.9 Å². The van der Waals surface area contributed by atoms with Crippen molar-refractivity contribution in [3.8, 4) is 5.75 Å². The number of rotatable bonds is 5. The zero-order valence-electron chi connectivity index (χ0n) is 18.2. The molecule has 1 amide bonds. The first-order valence-corrected chi connectivity index (χ1v) is 9.86. The van der Waals surface area contributed by atoms with Crippen molar-refractivity contribution in [1.82, 2.24) is 15.5 Å². The molecule has 0 aromatic heterocycles. The Balaban J connectivity index is 0.00000420. The predicted octanol–water partition coefficient (Wildman–Crippen LogP) is 3.63. The summed E-state index contributed by atoms with van der Waals surface area (Å²) in [5.74, 6) is 2.15. The number of halogens is 1. The SMILES string of the molecule is CN=C(NCc1ccc(OC)cc1)NCC1CCN(C(=O)OC(C)(C)C)CC1.I. The number of carbonyl (C=O) groups excluding carboxylic acids is 1. The summed E-state index contributed by atoms with van der Waals surface area (Å²) in [5.41, 5.74) is 0.715. The number of aliphatic imine (C=N–C) groups is 1. The molecule has 0 aliphatic carbocycles. The molecule has 29 heavy (non-hydrogen) atoms. The zero-order chi connectivity index (χ0) is 20.6. The molecule has 164 valence electrons. The molecule has 1 aromatic rings. The summed E-state index contributed by atoms with van der Waals surface area (Å²) >= 11 is 0. The summed E-state index contributed by atoms with van der Waals surface area (Å²) in [6, 6.07) is 7.97. The highest BCUT2D eigenvalue weighted by atomic mass is 127. The van der Waals surface area contributed by atoms with E-state index in [-0.39, 0.29) is 30.1 Å². The van der Waals surface area contributed by atoms with E-state index in [0.717, 1.165) is 49.7 Å². The Labute approximate surface area is 191 Å². The van der Waals surface area contributed by atoms with Gasteiger partial charge in [0.2, 0.25) is 0 Å². The lowest BCUT2D eigenvalue weighted by molar-refractivity contribution is 0.0185. The average molecular weight is 518 g/mol. The molecule has 0 bridgehead atoms. The van der Waals surface area contributed by atoms with Crippen LogP contribution in [-0.4, -0.2) is 56.3 Å². The van der Waals surface area contributed by atoms with Crippen molar-refractivity contribution >= 4 is 36.0 Å². The Kier molecular flexibility index (Phi) is 10.6. The first-order valence-electron chi connectivity index (χ1n) is 9.86. The van der Waals surface area contributed by atoms with Gasteiger partial charge in [-0.05, 0) is 57.2 Å². The summed E-state index contributed by atoms with van der Waals surface area (Å²) in [6.07, 6.45) is 1.71. The number of piperidine rings is 1. The number of ether oxygens (including phenoxy) is 2. The lowest BCUT2D eigenvalue weighted by Gasteiger charge is -2.33. The number of hydrogen-bond donors (Lipinski definition) is 2. The van der Waals surface area contributed by atoms with Gasteiger partial charge in [-0.1, -0.05) is 12.1 Å². The van der Waals surface area contributed by atoms with Gasteiger partial charge in [0.05, 0.1) is 7.11 Å². The molecule has 2 N–H and O–H groups in total. The fourth-order valence-corrected chi connectivity index (χ4v) is 3.04. The molecule has 1 heterocycles. The van der Waals surface area contributed by atoms with E-state index in [4.69, 9.17) is 9.47 Å². The van der Waals surface area contributed by atoms with Crippen LogP contribution in [0.2, 0.25) is 0 Å². The average Bonchev–Trinajstić information content (AvgIpc) is 2.67. The van der Waals surface area contributed by atoms with Gasteiger partial charge < -0.3 is 25.0 Å². The summed E-state index contributed by atoms with van der Waals surface area (Å²) in [7, 11) is 3.44. The Morgan fingerprint density at radius 2 is 1.79 bits per heavy atom. The maximum atomic E-state index is 12.1. The predicted molar refractivity (Wildman–Crippen MR) is 127 cm³/mol. The molecular weight excluding hydrogens is 483 g/mol. The molecule has 0 unspecified atom stereocenters. The number of carbonyl (C=O) groups is 1. The van der Waals surface area contributed by atoms with Crippen molar-refractivity contribution < 1.29 is 14.3 Å². The van der Waals surface area contributed by atoms with E-state index in [9.17, 15) is 4.79 Å². The maximum absolute atomic E-state index is 12.1. The largest absolute Gasteiger partial charge is 0.497 e. The summed E-state index contributed by atoms with van der Waals surface area (Å²) < 4.78 is 10.6. The van der Waals surface area contributed by atoms with Crippen molar-refractivity contribution in [1.29, 1.82) is 0 Å². The van der Waals surface area contributed by atoms with Crippen LogP contribution >= 0.6 is 24.0 Å². The van der Waals surface area contributed by atoms with Crippen LogP contribution in [0.5, 0.6) is 5.75 Å². The standard InChI is InChI=1S/C21H34N4O3.HI/c1-21(2,3)28-20(26)25-12-10-17(11-13-25)15-24-19(22-4)23-14-16-6-8-18(27-5)9-7-16;/h6-9,17H,10-15H2,1-5H3,(H2,22,23,24);1H. The number of nitrogens with zero attached hydrogens (tertiary/aromatic N) is 2. The number of amides is 1. The molecule has 1 fully saturated rings. The van der Waals surface area contributed by atoms with Gasteiger partial charge in [0.25, 0.3) is 0 Å². The Morgan fingerprint density at radius 3 is 2.31 bits per heavy atom. The van der Waals surface area contributed by atoms with Gasteiger partial charge in [0, 0.05) is 33.2 Å². The van der Waals surface area contributed by atoms with Crippen LogP contribution < -0.4 is 15.4 Å². The highest BCUT2D eigenvalue weighted by Gasteiger charge is 2.26. The highest BCUT2D eigenvalue weighted by Crippen LogP contribution is 2.19. The van der Waals surface area contributed by atoms with E-state index in [0.29, 0.717) is 12.5 Å². The van der Waals surface area contributed by atoms with Gasteiger partial charge in [-0.25, -0.2) is 4.79 Å². The highest BCUT2D eigenvalue weighted by molar-refractivity contribution is 14.0. The molecule has 1 saturated heterocycles. The van der Waals surface area contributed by atoms with E-state index in [1.807, 2.05) is 45.0 Å². The molecule has 1 aliphatic heterocycles. The van der Waals surface area contributed by atoms with Crippen molar-refractivity contribution in [2.75, 3.05) is 33.8 Å². The first-order chi connectivity index (χ1) is 13.3. The smallest absolute Gasteiger partial charge is 0.410 e. The molecule has 8 heteroatoms. The van der Waals surface area contributed by atoms with Gasteiger partial charge in [-0.15, -0.1) is 24.0 Å². The Morgan fingerprint density at radius 1 is 1.17 bits per heavy atom. The van der Waals surface area contributed by atoms with Gasteiger partial charge in [-0.3, -0.25) is 4.99 Å². The second-order valence-corrected chi connectivity index (χ2v) is 8.07. The fourth-order valence-electron chi connectivity index (χ4n) is 3.04. The van der Waals surface area contributed by atoms with E-state index < -0.39 is 5.60 Å². The molecule has 0 spiro atoms. The molecule has 0 saturated carbocycles. The number of benzene rings is 1. The summed E-state index contributed by atoms with van der Waals surface area (Å²) in [5, 5.41) is 6.72. The van der Waals surface area contributed by atoms with Gasteiger partial charge in [0.15, 0.2) is 5.96 Å². The third-order valence-electron chi connectivity index (χ3n) is 4.67. The second-order valence-electron chi connectivity index (χ2n) is 8.07. The minimum absolute atomic E-state index is 0. The lowest BCUT2D eigenvalue weighted by Crippen LogP contribution is -2.45. The van der Waals surface area contributed by atoms with Crippen LogP contribution in [0, 0.1) is 5.92 Å². The molecule has 2 rings (SSSR count). The van der Waals surface area contributed by atoms with Gasteiger partial charge in [0.1, 0.15) is 11.4 Å². The fraction of sp³-hybridized carbons (Fsp3) is 0.619. The molecule has 0 radical (unpaired) electrons. The van der Waals surface area contributed by atoms with Crippen LogP contribution in [0.25, 0.3) is 0 Å². The van der Waals surface area contributed by atoms with Crippen LogP contribution in [0.15, 0.2) is 29.3 Å². The third kappa shape index (κ3) is 9.10. The number of methoxy groups -OCH3 is 1. The van der Waals surface area contributed by atoms with Crippen molar-refractivity contribution in [2.45, 2.75) is 45.8 Å². The van der Waals surface area contributed by atoms with Crippen LogP contribution in [0.4, 0.5) is 4.79 Å². The normalized spacial score (nSPS) is 15.3. The lowest BCUT2D eigenvalue weighted by atomic mass is 9.97. The van der Waals surface area contributed by atoms with Crippen LogP contribution in [-0.2, 0) is 11.3 Å². The number of nitrogens with one attached hydrogen (secondary N) is 2. The number of hydrogen-bond acceptors (Lipinski definition) is 4. The minimum Gasteiger partial charge on any atom is -0.497 e. The third-order valence-corrected chi connectivity index (χ3v) is 4.67. The Bertz CT molecular complexity index is 651. The zero-order valence-corrected chi connectivity index (χ0v) is 20.5. The molecule has 1 aliphatic rings. The molecule has 1 aromatic carbocycles. The van der Waals surface area contributed by atoms with E-state index in [2.05, 4.69) is 15.6 Å². The number of guanidine groups is 1. The summed E-state index contributed by atoms with van der Waals surface area (Å²) in [6.45, 7) is 8.69. The second kappa shape index (κ2) is 12.1. The molecule has 0 atom stereocenters. The van der Waals surface area contributed by atoms with Crippen molar-refractivity contribution in [3.05, 3.63) is 29.8 Å². The van der Waals surface area contributed by atoms with Gasteiger partial charge in [-0.2, -0.15) is 0 Å². The van der Waals surface area contributed by atoms with Gasteiger partial charge >= 0.3 is 6.09 Å². The monoisotopic (exact) mass is 518 g/mol. The minimum atomic E-state index is -0.447. The first kappa shape index (κ1) is 25.3. The molecular formula is C21H35IN4O3.